The van der Waals surface area contributed by atoms with Crippen LogP contribution in [0.3, 0.4) is 0 Å². The summed E-state index contributed by atoms with van der Waals surface area (Å²) in [6.45, 7) is -0.255. The van der Waals surface area contributed by atoms with Gasteiger partial charge in [-0.05, 0) is 29.8 Å². The molecule has 25 heavy (non-hydrogen) atoms. The van der Waals surface area contributed by atoms with Crippen LogP contribution >= 0.6 is 11.6 Å². The van der Waals surface area contributed by atoms with E-state index >= 15 is 0 Å². The Morgan fingerprint density at radius 1 is 1.12 bits per heavy atom. The molecule has 0 bridgehead atoms. The van der Waals surface area contributed by atoms with Crippen molar-refractivity contribution in [2.75, 3.05) is 12.9 Å². The topological polar surface area (TPSA) is 60.4 Å². The van der Waals surface area contributed by atoms with Gasteiger partial charge in [-0.2, -0.15) is 0 Å². The molecule has 0 saturated heterocycles. The van der Waals surface area contributed by atoms with Crippen LogP contribution in [0.5, 0.6) is 0 Å². The third kappa shape index (κ3) is 3.29. The Labute approximate surface area is 147 Å². The quantitative estimate of drug-likeness (QED) is 0.760. The first-order valence-electron chi connectivity index (χ1n) is 7.04. The SMILES string of the molecule is CS(=O)(=O)c1cc(F)c(C2=C(c3cccc(Cl)c3)C(=O)OC2)cc1F. The number of sulfone groups is 1. The fraction of sp³-hybridized carbons (Fsp3) is 0.118. The predicted molar refractivity (Wildman–Crippen MR) is 88.7 cm³/mol. The fourth-order valence-electron chi connectivity index (χ4n) is 2.60. The lowest BCUT2D eigenvalue weighted by Gasteiger charge is -2.09. The second-order valence-corrected chi connectivity index (χ2v) is 7.90. The highest BCUT2D eigenvalue weighted by molar-refractivity contribution is 7.90. The van der Waals surface area contributed by atoms with Gasteiger partial charge in [0.25, 0.3) is 0 Å². The van der Waals surface area contributed by atoms with Gasteiger partial charge in [-0.25, -0.2) is 22.0 Å². The molecule has 1 aliphatic heterocycles. The smallest absolute Gasteiger partial charge is 0.339 e. The van der Waals surface area contributed by atoms with Gasteiger partial charge in [-0.1, -0.05) is 23.7 Å². The Balaban J connectivity index is 2.23. The lowest BCUT2D eigenvalue weighted by molar-refractivity contribution is -0.133. The van der Waals surface area contributed by atoms with E-state index in [1.54, 1.807) is 18.2 Å². The Morgan fingerprint density at radius 3 is 2.48 bits per heavy atom. The highest BCUT2D eigenvalue weighted by Crippen LogP contribution is 2.36. The molecule has 0 saturated carbocycles. The van der Waals surface area contributed by atoms with E-state index in [0.29, 0.717) is 16.7 Å². The average molecular weight is 385 g/mol. The van der Waals surface area contributed by atoms with Crippen LogP contribution in [0, 0.1) is 11.6 Å². The number of esters is 1. The van der Waals surface area contributed by atoms with E-state index < -0.39 is 32.3 Å². The summed E-state index contributed by atoms with van der Waals surface area (Å²) in [6.07, 6.45) is 0.781. The van der Waals surface area contributed by atoms with Gasteiger partial charge in [0, 0.05) is 22.4 Å². The Bertz CT molecular complexity index is 1030. The molecule has 8 heteroatoms. The van der Waals surface area contributed by atoms with Crippen LogP contribution in [0.2, 0.25) is 5.02 Å². The minimum absolute atomic E-state index is 0.0629. The van der Waals surface area contributed by atoms with Crippen molar-refractivity contribution in [2.45, 2.75) is 4.90 Å². The molecular formula is C17H11ClF2O4S. The number of ether oxygens (including phenoxy) is 1. The largest absolute Gasteiger partial charge is 0.457 e. The van der Waals surface area contributed by atoms with Crippen molar-refractivity contribution in [3.05, 3.63) is 64.2 Å². The van der Waals surface area contributed by atoms with Crippen LogP contribution in [0.15, 0.2) is 41.3 Å². The van der Waals surface area contributed by atoms with Gasteiger partial charge >= 0.3 is 5.97 Å². The molecule has 0 unspecified atom stereocenters. The van der Waals surface area contributed by atoms with Crippen molar-refractivity contribution in [3.63, 3.8) is 0 Å². The van der Waals surface area contributed by atoms with Crippen LogP contribution in [0.25, 0.3) is 11.1 Å². The molecule has 130 valence electrons. The summed E-state index contributed by atoms with van der Waals surface area (Å²) in [7, 11) is -3.93. The predicted octanol–water partition coefficient (Wildman–Crippen LogP) is 3.49. The summed E-state index contributed by atoms with van der Waals surface area (Å²) < 4.78 is 56.6. The minimum atomic E-state index is -3.93. The van der Waals surface area contributed by atoms with Gasteiger partial charge in [0.15, 0.2) is 9.84 Å². The standard InChI is InChI=1S/C17H11ClF2O4S/c1-25(22,23)15-7-13(19)11(6-14(15)20)12-8-24-17(21)16(12)9-3-2-4-10(18)5-9/h2-7H,8H2,1H3. The van der Waals surface area contributed by atoms with Crippen LogP contribution in [0.4, 0.5) is 8.78 Å². The number of carbonyl (C=O) groups excluding carboxylic acids is 1. The first-order chi connectivity index (χ1) is 11.7. The van der Waals surface area contributed by atoms with Gasteiger partial charge in [0.2, 0.25) is 0 Å². The third-order valence-electron chi connectivity index (χ3n) is 3.71. The Hall–Kier alpha value is -2.25. The van der Waals surface area contributed by atoms with E-state index in [1.165, 1.54) is 6.07 Å². The van der Waals surface area contributed by atoms with Crippen LogP contribution < -0.4 is 0 Å². The van der Waals surface area contributed by atoms with Gasteiger partial charge in [0.05, 0.1) is 5.57 Å². The lowest BCUT2D eigenvalue weighted by Crippen LogP contribution is -2.04. The van der Waals surface area contributed by atoms with E-state index in [0.717, 1.165) is 12.3 Å². The van der Waals surface area contributed by atoms with Crippen molar-refractivity contribution in [3.8, 4) is 0 Å². The van der Waals surface area contributed by atoms with Crippen molar-refractivity contribution < 1.29 is 26.7 Å². The molecule has 0 radical (unpaired) electrons. The average Bonchev–Trinajstić information content (AvgIpc) is 2.89. The maximum Gasteiger partial charge on any atom is 0.339 e. The van der Waals surface area contributed by atoms with Crippen LogP contribution in [-0.4, -0.2) is 27.2 Å². The number of halogens is 3. The minimum Gasteiger partial charge on any atom is -0.457 e. The number of benzene rings is 2. The molecule has 0 spiro atoms. The molecule has 0 amide bonds. The zero-order chi connectivity index (χ0) is 18.4. The summed E-state index contributed by atoms with van der Waals surface area (Å²) in [5.41, 5.74) is 0.361. The molecule has 0 aliphatic carbocycles. The van der Waals surface area contributed by atoms with Gasteiger partial charge < -0.3 is 4.74 Å². The molecule has 1 aliphatic rings. The molecule has 1 heterocycles. The van der Waals surface area contributed by atoms with E-state index in [4.69, 9.17) is 16.3 Å². The fourth-order valence-corrected chi connectivity index (χ4v) is 3.52. The normalized spacial score (nSPS) is 14.8. The Morgan fingerprint density at radius 2 is 1.84 bits per heavy atom. The summed E-state index contributed by atoms with van der Waals surface area (Å²) in [4.78, 5) is 11.3. The summed E-state index contributed by atoms with van der Waals surface area (Å²) in [5, 5.41) is 0.364. The number of hydrogen-bond acceptors (Lipinski definition) is 4. The number of hydrogen-bond donors (Lipinski definition) is 0. The van der Waals surface area contributed by atoms with E-state index in [1.807, 2.05) is 0 Å². The molecule has 4 nitrogen and oxygen atoms in total. The summed E-state index contributed by atoms with van der Waals surface area (Å²) in [5.74, 6) is -2.75. The van der Waals surface area contributed by atoms with E-state index in [-0.39, 0.29) is 23.3 Å². The number of cyclic esters (lactones) is 1. The van der Waals surface area contributed by atoms with E-state index in [2.05, 4.69) is 0 Å². The second-order valence-electron chi connectivity index (χ2n) is 5.47. The lowest BCUT2D eigenvalue weighted by atomic mass is 9.96. The zero-order valence-electron chi connectivity index (χ0n) is 12.8. The highest BCUT2D eigenvalue weighted by Gasteiger charge is 2.30. The maximum atomic E-state index is 14.4. The molecular weight excluding hydrogens is 374 g/mol. The van der Waals surface area contributed by atoms with Crippen LogP contribution in [0.1, 0.15) is 11.1 Å². The monoisotopic (exact) mass is 384 g/mol. The van der Waals surface area contributed by atoms with Crippen LogP contribution in [-0.2, 0) is 19.4 Å². The molecule has 0 N–H and O–H groups in total. The van der Waals surface area contributed by atoms with Crippen molar-refractivity contribution in [2.24, 2.45) is 0 Å². The molecule has 2 aromatic rings. The molecule has 0 atom stereocenters. The summed E-state index contributed by atoms with van der Waals surface area (Å²) >= 11 is 5.92. The maximum absolute atomic E-state index is 14.4. The first-order valence-corrected chi connectivity index (χ1v) is 9.31. The zero-order valence-corrected chi connectivity index (χ0v) is 14.4. The van der Waals surface area contributed by atoms with Crippen molar-refractivity contribution in [1.29, 1.82) is 0 Å². The second kappa shape index (κ2) is 6.24. The van der Waals surface area contributed by atoms with Gasteiger partial charge in [-0.15, -0.1) is 0 Å². The molecule has 0 fully saturated rings. The summed E-state index contributed by atoms with van der Waals surface area (Å²) in [6, 6.07) is 7.67. The van der Waals surface area contributed by atoms with Gasteiger partial charge in [-0.3, -0.25) is 0 Å². The van der Waals surface area contributed by atoms with Gasteiger partial charge in [0.1, 0.15) is 23.1 Å². The van der Waals surface area contributed by atoms with Crippen molar-refractivity contribution >= 4 is 38.6 Å². The Kier molecular flexibility index (Phi) is 4.38. The number of carbonyl (C=O) groups is 1. The highest BCUT2D eigenvalue weighted by atomic mass is 35.5. The molecule has 3 rings (SSSR count). The van der Waals surface area contributed by atoms with Crippen molar-refractivity contribution in [1.82, 2.24) is 0 Å². The molecule has 0 aromatic heterocycles. The van der Waals surface area contributed by atoms with E-state index in [9.17, 15) is 22.0 Å². The third-order valence-corrected chi connectivity index (χ3v) is 5.06. The first kappa shape index (κ1) is 17.6. The molecule has 2 aromatic carbocycles. The number of rotatable bonds is 3.